The SMILES string of the molecule is CC1(N)CC=NC=N1. The Kier molecular flexibility index (Phi) is 1.13. The zero-order chi connectivity index (χ0) is 6.04. The van der Waals surface area contributed by atoms with Crippen LogP contribution in [0, 0.1) is 0 Å². The molecule has 0 aromatic rings. The quantitative estimate of drug-likeness (QED) is 0.475. The van der Waals surface area contributed by atoms with Crippen molar-refractivity contribution in [1.82, 2.24) is 0 Å². The first kappa shape index (κ1) is 5.44. The Morgan fingerprint density at radius 3 is 2.75 bits per heavy atom. The van der Waals surface area contributed by atoms with Gasteiger partial charge in [0, 0.05) is 12.6 Å². The van der Waals surface area contributed by atoms with Crippen LogP contribution in [-0.2, 0) is 0 Å². The van der Waals surface area contributed by atoms with Crippen LogP contribution in [0.1, 0.15) is 13.3 Å². The van der Waals surface area contributed by atoms with E-state index in [-0.39, 0.29) is 0 Å². The molecule has 0 saturated carbocycles. The maximum atomic E-state index is 5.59. The molecule has 3 heteroatoms. The molecule has 44 valence electrons. The van der Waals surface area contributed by atoms with E-state index < -0.39 is 5.66 Å². The largest absolute Gasteiger partial charge is 0.307 e. The molecule has 1 atom stereocenters. The highest BCUT2D eigenvalue weighted by Gasteiger charge is 2.14. The molecule has 0 fully saturated rings. The monoisotopic (exact) mass is 111 g/mol. The molecule has 1 rings (SSSR count). The van der Waals surface area contributed by atoms with Crippen LogP contribution < -0.4 is 5.73 Å². The van der Waals surface area contributed by atoms with E-state index in [1.54, 1.807) is 6.21 Å². The minimum Gasteiger partial charge on any atom is -0.307 e. The normalized spacial score (nSPS) is 35.8. The molecular weight excluding hydrogens is 102 g/mol. The Labute approximate surface area is 48.3 Å². The van der Waals surface area contributed by atoms with E-state index >= 15 is 0 Å². The zero-order valence-corrected chi connectivity index (χ0v) is 4.83. The number of hydrogen-bond acceptors (Lipinski definition) is 3. The molecule has 2 N–H and O–H groups in total. The minimum atomic E-state index is -0.401. The summed E-state index contributed by atoms with van der Waals surface area (Å²) in [6, 6.07) is 0. The first-order valence-electron chi connectivity index (χ1n) is 2.55. The Morgan fingerprint density at radius 1 is 1.75 bits per heavy atom. The maximum absolute atomic E-state index is 5.59. The number of rotatable bonds is 0. The van der Waals surface area contributed by atoms with Crippen LogP contribution in [0.4, 0.5) is 0 Å². The van der Waals surface area contributed by atoms with E-state index in [9.17, 15) is 0 Å². The molecule has 3 nitrogen and oxygen atoms in total. The molecule has 1 aliphatic heterocycles. The molecular formula is C5H9N3. The Hall–Kier alpha value is -0.700. The van der Waals surface area contributed by atoms with Gasteiger partial charge in [-0.25, -0.2) is 4.99 Å². The van der Waals surface area contributed by atoms with Gasteiger partial charge in [0.1, 0.15) is 12.0 Å². The van der Waals surface area contributed by atoms with E-state index in [2.05, 4.69) is 9.98 Å². The van der Waals surface area contributed by atoms with Gasteiger partial charge < -0.3 is 5.73 Å². The van der Waals surface area contributed by atoms with Crippen molar-refractivity contribution < 1.29 is 0 Å². The van der Waals surface area contributed by atoms with E-state index in [1.807, 2.05) is 6.92 Å². The molecule has 0 aromatic heterocycles. The fraction of sp³-hybridized carbons (Fsp3) is 0.600. The summed E-state index contributed by atoms with van der Waals surface area (Å²) in [5.74, 6) is 0. The first-order chi connectivity index (χ1) is 3.71. The van der Waals surface area contributed by atoms with Gasteiger partial charge in [0.15, 0.2) is 0 Å². The van der Waals surface area contributed by atoms with Crippen LogP contribution in [0.5, 0.6) is 0 Å². The smallest absolute Gasteiger partial charge is 0.112 e. The average molecular weight is 111 g/mol. The number of hydrogen-bond donors (Lipinski definition) is 1. The summed E-state index contributed by atoms with van der Waals surface area (Å²) in [5.41, 5.74) is 5.19. The van der Waals surface area contributed by atoms with E-state index in [4.69, 9.17) is 5.73 Å². The van der Waals surface area contributed by atoms with Crippen LogP contribution in [0.15, 0.2) is 9.98 Å². The van der Waals surface area contributed by atoms with Gasteiger partial charge in [0.25, 0.3) is 0 Å². The summed E-state index contributed by atoms with van der Waals surface area (Å²) in [5, 5.41) is 0. The fourth-order valence-corrected chi connectivity index (χ4v) is 0.503. The lowest BCUT2D eigenvalue weighted by Crippen LogP contribution is -2.35. The molecule has 0 aromatic carbocycles. The van der Waals surface area contributed by atoms with Crippen LogP contribution >= 0.6 is 0 Å². The van der Waals surface area contributed by atoms with Crippen LogP contribution in [0.2, 0.25) is 0 Å². The van der Waals surface area contributed by atoms with Crippen molar-refractivity contribution in [1.29, 1.82) is 0 Å². The summed E-state index contributed by atoms with van der Waals surface area (Å²) < 4.78 is 0. The van der Waals surface area contributed by atoms with Crippen molar-refractivity contribution >= 4 is 12.6 Å². The van der Waals surface area contributed by atoms with Gasteiger partial charge in [0.05, 0.1) is 0 Å². The van der Waals surface area contributed by atoms with Gasteiger partial charge in [0.2, 0.25) is 0 Å². The maximum Gasteiger partial charge on any atom is 0.112 e. The first-order valence-corrected chi connectivity index (χ1v) is 2.55. The van der Waals surface area contributed by atoms with Crippen molar-refractivity contribution in [3.8, 4) is 0 Å². The third-order valence-electron chi connectivity index (χ3n) is 1.03. The predicted octanol–water partition coefficient (Wildman–Crippen LogP) is 0.164. The number of nitrogens with zero attached hydrogens (tertiary/aromatic N) is 2. The van der Waals surface area contributed by atoms with Crippen LogP contribution in [-0.4, -0.2) is 18.2 Å². The molecule has 1 aliphatic rings. The lowest BCUT2D eigenvalue weighted by Gasteiger charge is -2.17. The molecule has 1 unspecified atom stereocenters. The Morgan fingerprint density at radius 2 is 2.50 bits per heavy atom. The van der Waals surface area contributed by atoms with Gasteiger partial charge in [-0.05, 0) is 6.92 Å². The van der Waals surface area contributed by atoms with Crippen molar-refractivity contribution in [2.75, 3.05) is 0 Å². The van der Waals surface area contributed by atoms with Crippen molar-refractivity contribution in [2.45, 2.75) is 19.0 Å². The molecule has 0 saturated heterocycles. The Bertz CT molecular complexity index is 135. The fourth-order valence-electron chi connectivity index (χ4n) is 0.503. The lowest BCUT2D eigenvalue weighted by molar-refractivity contribution is 0.516. The van der Waals surface area contributed by atoms with Crippen molar-refractivity contribution in [3.05, 3.63) is 0 Å². The molecule has 0 aliphatic carbocycles. The summed E-state index contributed by atoms with van der Waals surface area (Å²) in [4.78, 5) is 7.69. The minimum absolute atomic E-state index is 0.401. The third kappa shape index (κ3) is 1.13. The third-order valence-corrected chi connectivity index (χ3v) is 1.03. The summed E-state index contributed by atoms with van der Waals surface area (Å²) in [6.45, 7) is 1.87. The number of nitrogens with two attached hydrogens (primary N) is 1. The van der Waals surface area contributed by atoms with Gasteiger partial charge in [-0.2, -0.15) is 0 Å². The Balaban J connectivity index is 2.65. The summed E-state index contributed by atoms with van der Waals surface area (Å²) in [7, 11) is 0. The molecule has 0 radical (unpaired) electrons. The second kappa shape index (κ2) is 1.67. The van der Waals surface area contributed by atoms with Gasteiger partial charge in [-0.3, -0.25) is 4.99 Å². The second-order valence-electron chi connectivity index (χ2n) is 2.14. The second-order valence-corrected chi connectivity index (χ2v) is 2.14. The molecule has 0 amide bonds. The molecule has 0 bridgehead atoms. The highest BCUT2D eigenvalue weighted by molar-refractivity contribution is 5.75. The topological polar surface area (TPSA) is 50.7 Å². The van der Waals surface area contributed by atoms with Crippen molar-refractivity contribution in [3.63, 3.8) is 0 Å². The number of aliphatic imine (C=N–C) groups is 2. The highest BCUT2D eigenvalue weighted by atomic mass is 15.1. The highest BCUT2D eigenvalue weighted by Crippen LogP contribution is 2.06. The molecule has 8 heavy (non-hydrogen) atoms. The van der Waals surface area contributed by atoms with Gasteiger partial charge in [-0.1, -0.05) is 0 Å². The van der Waals surface area contributed by atoms with Crippen molar-refractivity contribution in [2.24, 2.45) is 15.7 Å². The predicted molar refractivity (Wildman–Crippen MR) is 34.2 cm³/mol. The van der Waals surface area contributed by atoms with Crippen LogP contribution in [0.3, 0.4) is 0 Å². The van der Waals surface area contributed by atoms with E-state index in [1.165, 1.54) is 6.34 Å². The molecule has 0 spiro atoms. The lowest BCUT2D eigenvalue weighted by atomic mass is 10.1. The van der Waals surface area contributed by atoms with E-state index in [0.29, 0.717) is 0 Å². The standard InChI is InChI=1S/C5H9N3/c1-5(6)2-3-7-4-8-5/h3-4H,2,6H2,1H3. The van der Waals surface area contributed by atoms with E-state index in [0.717, 1.165) is 6.42 Å². The summed E-state index contributed by atoms with van der Waals surface area (Å²) in [6.07, 6.45) is 4.00. The molecule has 1 heterocycles. The van der Waals surface area contributed by atoms with Crippen LogP contribution in [0.25, 0.3) is 0 Å². The summed E-state index contributed by atoms with van der Waals surface area (Å²) >= 11 is 0. The van der Waals surface area contributed by atoms with Gasteiger partial charge in [-0.15, -0.1) is 0 Å². The average Bonchev–Trinajstić information content (AvgIpc) is 1.65. The van der Waals surface area contributed by atoms with Gasteiger partial charge >= 0.3 is 0 Å². The zero-order valence-electron chi connectivity index (χ0n) is 4.83.